The van der Waals surface area contributed by atoms with Crippen LogP contribution in [0.15, 0.2) is 70.7 Å². The molecule has 1 amide bonds. The Morgan fingerprint density at radius 2 is 1.86 bits per heavy atom. The van der Waals surface area contributed by atoms with Gasteiger partial charge in [0.1, 0.15) is 0 Å². The number of amides is 1. The molecule has 2 aromatic carbocycles. The topological polar surface area (TPSA) is 46.4 Å². The van der Waals surface area contributed by atoms with Gasteiger partial charge in [-0.1, -0.05) is 41.9 Å². The first-order chi connectivity index (χ1) is 13.6. The Balaban J connectivity index is 1.58. The van der Waals surface area contributed by atoms with Gasteiger partial charge in [-0.15, -0.1) is 11.8 Å². The molecule has 0 spiro atoms. The number of hydrogen-bond acceptors (Lipinski definition) is 3. The lowest BCUT2D eigenvalue weighted by Crippen LogP contribution is -2.17. The zero-order valence-corrected chi connectivity index (χ0v) is 17.4. The normalized spacial score (nSPS) is 11.1. The van der Waals surface area contributed by atoms with E-state index in [1.165, 1.54) is 0 Å². The largest absolute Gasteiger partial charge is 0.316 e. The number of hydrogen-bond donors (Lipinski definition) is 1. The summed E-state index contributed by atoms with van der Waals surface area (Å²) in [6.45, 7) is 4.03. The molecule has 0 fully saturated rings. The van der Waals surface area contributed by atoms with Gasteiger partial charge in [-0.3, -0.25) is 4.79 Å². The number of thioether (sulfide) groups is 1. The molecule has 0 saturated heterocycles. The summed E-state index contributed by atoms with van der Waals surface area (Å²) in [4.78, 5) is 13.1. The van der Waals surface area contributed by atoms with Crippen molar-refractivity contribution in [3.05, 3.63) is 82.6 Å². The van der Waals surface area contributed by atoms with E-state index in [-0.39, 0.29) is 5.91 Å². The molecular formula is C22H22ClN3OS. The number of rotatable bonds is 7. The summed E-state index contributed by atoms with van der Waals surface area (Å²) in [5.74, 6) is 0.617. The molecule has 0 saturated carbocycles. The minimum absolute atomic E-state index is 0.0976. The molecule has 1 N–H and O–H groups in total. The van der Waals surface area contributed by atoms with Gasteiger partial charge < -0.3 is 4.57 Å². The average molecular weight is 412 g/mol. The third-order valence-electron chi connectivity index (χ3n) is 4.30. The number of carbonyl (C=O) groups is 1. The Labute approximate surface area is 174 Å². The van der Waals surface area contributed by atoms with E-state index in [0.717, 1.165) is 27.5 Å². The quantitative estimate of drug-likeness (QED) is 0.322. The second kappa shape index (κ2) is 9.62. The van der Waals surface area contributed by atoms with Crippen molar-refractivity contribution in [2.75, 3.05) is 5.75 Å². The van der Waals surface area contributed by atoms with Gasteiger partial charge in [-0.05, 0) is 44.2 Å². The molecule has 0 radical (unpaired) electrons. The molecule has 0 aliphatic carbocycles. The molecule has 4 nitrogen and oxygen atoms in total. The van der Waals surface area contributed by atoms with E-state index in [1.54, 1.807) is 18.0 Å². The summed E-state index contributed by atoms with van der Waals surface area (Å²) in [5, 5.41) is 4.81. The van der Waals surface area contributed by atoms with E-state index in [9.17, 15) is 4.79 Å². The van der Waals surface area contributed by atoms with Gasteiger partial charge >= 0.3 is 0 Å². The molecule has 3 aromatic rings. The highest BCUT2D eigenvalue weighted by molar-refractivity contribution is 7.99. The third kappa shape index (κ3) is 5.06. The lowest BCUT2D eigenvalue weighted by molar-refractivity contribution is -0.120. The predicted molar refractivity (Wildman–Crippen MR) is 118 cm³/mol. The number of halogens is 1. The highest BCUT2D eigenvalue weighted by Gasteiger charge is 2.11. The van der Waals surface area contributed by atoms with Gasteiger partial charge in [0.05, 0.1) is 16.9 Å². The molecule has 0 atom stereocenters. The maximum absolute atomic E-state index is 12.0. The maximum atomic E-state index is 12.0. The number of carbonyl (C=O) groups excluding carboxylic acids is 1. The van der Waals surface area contributed by atoms with Crippen LogP contribution in [-0.4, -0.2) is 22.4 Å². The number of para-hydroxylation sites is 1. The summed E-state index contributed by atoms with van der Waals surface area (Å²) >= 11 is 7.99. The number of nitrogens with one attached hydrogen (secondary N) is 1. The molecule has 1 heterocycles. The molecule has 0 bridgehead atoms. The van der Waals surface area contributed by atoms with Gasteiger partial charge in [0.15, 0.2) is 0 Å². The van der Waals surface area contributed by atoms with Crippen molar-refractivity contribution < 1.29 is 4.79 Å². The minimum Gasteiger partial charge on any atom is -0.316 e. The van der Waals surface area contributed by atoms with Crippen molar-refractivity contribution in [1.82, 2.24) is 9.99 Å². The van der Waals surface area contributed by atoms with E-state index in [0.29, 0.717) is 17.2 Å². The van der Waals surface area contributed by atoms with Crippen LogP contribution in [-0.2, 0) is 4.79 Å². The van der Waals surface area contributed by atoms with E-state index in [2.05, 4.69) is 15.1 Å². The number of benzene rings is 2. The zero-order chi connectivity index (χ0) is 19.9. The SMILES string of the molecule is Cc1cc(C=NNC(=O)CCSc2ccccc2)c(C)n1-c1ccccc1Cl. The van der Waals surface area contributed by atoms with Gasteiger partial charge in [0.2, 0.25) is 5.91 Å². The molecule has 1 aromatic heterocycles. The molecule has 0 aliphatic heterocycles. The Kier molecular flexibility index (Phi) is 6.95. The monoisotopic (exact) mass is 411 g/mol. The van der Waals surface area contributed by atoms with Crippen LogP contribution < -0.4 is 5.43 Å². The second-order valence-corrected chi connectivity index (χ2v) is 7.89. The fourth-order valence-corrected chi connectivity index (χ4v) is 4.02. The number of hydrazone groups is 1. The highest BCUT2D eigenvalue weighted by atomic mass is 35.5. The van der Waals surface area contributed by atoms with E-state index in [4.69, 9.17) is 11.6 Å². The summed E-state index contributed by atoms with van der Waals surface area (Å²) in [6, 6.07) is 19.8. The zero-order valence-electron chi connectivity index (χ0n) is 15.9. The van der Waals surface area contributed by atoms with Crippen molar-refractivity contribution in [3.8, 4) is 5.69 Å². The van der Waals surface area contributed by atoms with Crippen molar-refractivity contribution in [2.24, 2.45) is 5.10 Å². The smallest absolute Gasteiger partial charge is 0.240 e. The predicted octanol–water partition coefficient (Wildman–Crippen LogP) is 5.38. The second-order valence-electron chi connectivity index (χ2n) is 6.32. The van der Waals surface area contributed by atoms with Gasteiger partial charge in [-0.2, -0.15) is 5.10 Å². The van der Waals surface area contributed by atoms with Crippen LogP contribution in [0.5, 0.6) is 0 Å². The van der Waals surface area contributed by atoms with Crippen molar-refractivity contribution >= 4 is 35.5 Å². The van der Waals surface area contributed by atoms with Gasteiger partial charge in [0.25, 0.3) is 0 Å². The third-order valence-corrected chi connectivity index (χ3v) is 5.63. The molecule has 3 rings (SSSR count). The maximum Gasteiger partial charge on any atom is 0.240 e. The van der Waals surface area contributed by atoms with Gasteiger partial charge in [0, 0.05) is 34.0 Å². The Bertz CT molecular complexity index is 983. The number of aryl methyl sites for hydroxylation is 1. The van der Waals surface area contributed by atoms with Crippen LogP contribution in [0.2, 0.25) is 5.02 Å². The minimum atomic E-state index is -0.0976. The van der Waals surface area contributed by atoms with Crippen LogP contribution in [0.25, 0.3) is 5.69 Å². The fraction of sp³-hybridized carbons (Fsp3) is 0.182. The standard InChI is InChI=1S/C22H22ClN3OS/c1-16-14-18(17(2)26(16)21-11-7-6-10-20(21)23)15-24-25-22(27)12-13-28-19-8-4-3-5-9-19/h3-11,14-15H,12-13H2,1-2H3,(H,25,27). The van der Waals surface area contributed by atoms with E-state index in [1.807, 2.05) is 74.5 Å². The summed E-state index contributed by atoms with van der Waals surface area (Å²) in [7, 11) is 0. The highest BCUT2D eigenvalue weighted by Crippen LogP contribution is 2.25. The lowest BCUT2D eigenvalue weighted by Gasteiger charge is -2.11. The molecule has 0 unspecified atom stereocenters. The van der Waals surface area contributed by atoms with Crippen molar-refractivity contribution in [1.29, 1.82) is 0 Å². The molecular weight excluding hydrogens is 390 g/mol. The van der Waals surface area contributed by atoms with Crippen LogP contribution in [0.3, 0.4) is 0 Å². The van der Waals surface area contributed by atoms with E-state index < -0.39 is 0 Å². The first kappa shape index (κ1) is 20.2. The van der Waals surface area contributed by atoms with Crippen LogP contribution >= 0.6 is 23.4 Å². The molecule has 28 heavy (non-hydrogen) atoms. The van der Waals surface area contributed by atoms with Gasteiger partial charge in [-0.25, -0.2) is 5.43 Å². The van der Waals surface area contributed by atoms with Crippen molar-refractivity contribution in [2.45, 2.75) is 25.2 Å². The van der Waals surface area contributed by atoms with Crippen molar-refractivity contribution in [3.63, 3.8) is 0 Å². The lowest BCUT2D eigenvalue weighted by atomic mass is 10.2. The number of aromatic nitrogens is 1. The van der Waals surface area contributed by atoms with Crippen LogP contribution in [0.4, 0.5) is 0 Å². The summed E-state index contributed by atoms with van der Waals surface area (Å²) in [5.41, 5.74) is 6.55. The molecule has 144 valence electrons. The summed E-state index contributed by atoms with van der Waals surface area (Å²) < 4.78 is 2.09. The van der Waals surface area contributed by atoms with E-state index >= 15 is 0 Å². The Morgan fingerprint density at radius 1 is 1.14 bits per heavy atom. The van der Waals surface area contributed by atoms with Crippen LogP contribution in [0.1, 0.15) is 23.4 Å². The Morgan fingerprint density at radius 3 is 2.61 bits per heavy atom. The van der Waals surface area contributed by atoms with Crippen LogP contribution in [0, 0.1) is 13.8 Å². The molecule has 6 heteroatoms. The first-order valence-corrected chi connectivity index (χ1v) is 10.4. The first-order valence-electron chi connectivity index (χ1n) is 9.00. The number of nitrogens with zero attached hydrogens (tertiary/aromatic N) is 2. The summed E-state index contributed by atoms with van der Waals surface area (Å²) in [6.07, 6.45) is 2.09. The fourth-order valence-electron chi connectivity index (χ4n) is 2.93. The Hall–Kier alpha value is -2.50. The average Bonchev–Trinajstić information content (AvgIpc) is 2.97. The molecule has 0 aliphatic rings.